The van der Waals surface area contributed by atoms with Crippen LogP contribution in [-0.2, 0) is 20.7 Å². The van der Waals surface area contributed by atoms with Gasteiger partial charge in [0.25, 0.3) is 5.91 Å². The van der Waals surface area contributed by atoms with Crippen LogP contribution in [-0.4, -0.2) is 18.5 Å². The first-order valence-corrected chi connectivity index (χ1v) is 6.97. The maximum atomic E-state index is 13.0. The summed E-state index contributed by atoms with van der Waals surface area (Å²) in [6.45, 7) is -0.522. The number of benzene rings is 2. The molecule has 0 aliphatic rings. The first kappa shape index (κ1) is 16.9. The number of hydrogen-bond donors (Lipinski definition) is 1. The molecule has 23 heavy (non-hydrogen) atoms. The van der Waals surface area contributed by atoms with Crippen LogP contribution in [0.2, 0.25) is 5.02 Å². The summed E-state index contributed by atoms with van der Waals surface area (Å²) in [7, 11) is 0. The number of rotatable bonds is 5. The van der Waals surface area contributed by atoms with Crippen molar-refractivity contribution in [1.82, 2.24) is 0 Å². The molecule has 0 unspecified atom stereocenters. The first-order valence-electron chi connectivity index (χ1n) is 6.59. The molecule has 0 atom stereocenters. The normalized spacial score (nSPS) is 10.2. The molecule has 0 spiro atoms. The quantitative estimate of drug-likeness (QED) is 0.850. The molecule has 0 aromatic heterocycles. The average Bonchev–Trinajstić information content (AvgIpc) is 2.51. The number of esters is 1. The first-order chi connectivity index (χ1) is 10.9. The van der Waals surface area contributed by atoms with Crippen molar-refractivity contribution in [1.29, 1.82) is 0 Å². The Bertz CT molecular complexity index is 720. The van der Waals surface area contributed by atoms with Gasteiger partial charge in [-0.2, -0.15) is 0 Å². The highest BCUT2D eigenvalue weighted by molar-refractivity contribution is 6.30. The second-order valence-corrected chi connectivity index (χ2v) is 5.08. The van der Waals surface area contributed by atoms with Crippen LogP contribution in [0.4, 0.5) is 14.5 Å². The van der Waals surface area contributed by atoms with E-state index < -0.39 is 30.1 Å². The van der Waals surface area contributed by atoms with E-state index in [1.165, 1.54) is 6.07 Å². The van der Waals surface area contributed by atoms with Crippen molar-refractivity contribution in [2.75, 3.05) is 11.9 Å². The van der Waals surface area contributed by atoms with Gasteiger partial charge in [-0.15, -0.1) is 0 Å². The molecule has 1 amide bonds. The zero-order valence-corrected chi connectivity index (χ0v) is 12.6. The van der Waals surface area contributed by atoms with Gasteiger partial charge < -0.3 is 10.1 Å². The number of hydrogen-bond acceptors (Lipinski definition) is 3. The molecule has 2 aromatic rings. The summed E-state index contributed by atoms with van der Waals surface area (Å²) < 4.78 is 30.6. The molecule has 0 saturated carbocycles. The summed E-state index contributed by atoms with van der Waals surface area (Å²) in [5.41, 5.74) is 0.767. The van der Waals surface area contributed by atoms with Gasteiger partial charge in [0.05, 0.1) is 6.42 Å². The number of ether oxygens (including phenoxy) is 1. The molecule has 7 heteroatoms. The fourth-order valence-corrected chi connectivity index (χ4v) is 1.86. The van der Waals surface area contributed by atoms with Crippen molar-refractivity contribution in [2.24, 2.45) is 0 Å². The van der Waals surface area contributed by atoms with E-state index in [1.54, 1.807) is 24.3 Å². The minimum absolute atomic E-state index is 0.00434. The summed E-state index contributed by atoms with van der Waals surface area (Å²) in [6, 6.07) is 9.54. The largest absolute Gasteiger partial charge is 0.455 e. The van der Waals surface area contributed by atoms with Gasteiger partial charge in [0.15, 0.2) is 18.2 Å². The Kier molecular flexibility index (Phi) is 5.65. The highest BCUT2D eigenvalue weighted by Crippen LogP contribution is 2.13. The summed E-state index contributed by atoms with van der Waals surface area (Å²) in [5.74, 6) is -3.34. The molecule has 0 saturated heterocycles. The van der Waals surface area contributed by atoms with Crippen LogP contribution in [0.3, 0.4) is 0 Å². The number of nitrogens with one attached hydrogen (secondary N) is 1. The van der Waals surface area contributed by atoms with E-state index in [2.05, 4.69) is 5.32 Å². The Morgan fingerprint density at radius 3 is 2.39 bits per heavy atom. The number of halogens is 3. The average molecular weight is 340 g/mol. The van der Waals surface area contributed by atoms with Crippen LogP contribution >= 0.6 is 11.6 Å². The fourth-order valence-electron chi connectivity index (χ4n) is 1.74. The molecule has 0 fully saturated rings. The van der Waals surface area contributed by atoms with Crippen molar-refractivity contribution in [3.63, 3.8) is 0 Å². The highest BCUT2D eigenvalue weighted by atomic mass is 35.5. The van der Waals surface area contributed by atoms with Crippen molar-refractivity contribution in [2.45, 2.75) is 6.42 Å². The van der Waals surface area contributed by atoms with Crippen LogP contribution in [0.25, 0.3) is 0 Å². The number of anilines is 1. The highest BCUT2D eigenvalue weighted by Gasteiger charge is 2.10. The molecule has 2 aromatic carbocycles. The lowest BCUT2D eigenvalue weighted by Gasteiger charge is -2.07. The van der Waals surface area contributed by atoms with Gasteiger partial charge in [-0.3, -0.25) is 9.59 Å². The van der Waals surface area contributed by atoms with Crippen LogP contribution in [0.5, 0.6) is 0 Å². The van der Waals surface area contributed by atoms with E-state index in [9.17, 15) is 18.4 Å². The van der Waals surface area contributed by atoms with Crippen LogP contribution in [0.1, 0.15) is 5.56 Å². The van der Waals surface area contributed by atoms with Gasteiger partial charge in [-0.25, -0.2) is 8.78 Å². The summed E-state index contributed by atoms with van der Waals surface area (Å²) in [4.78, 5) is 23.2. The van der Waals surface area contributed by atoms with E-state index in [0.717, 1.165) is 12.1 Å². The Hall–Kier alpha value is -2.47. The molecule has 0 bridgehead atoms. The minimum atomic E-state index is -1.08. The predicted molar refractivity (Wildman–Crippen MR) is 81.1 cm³/mol. The molecule has 0 aliphatic carbocycles. The second-order valence-electron chi connectivity index (χ2n) is 4.64. The van der Waals surface area contributed by atoms with E-state index in [0.29, 0.717) is 10.6 Å². The number of amides is 1. The van der Waals surface area contributed by atoms with E-state index in [-0.39, 0.29) is 12.1 Å². The number of carbonyl (C=O) groups excluding carboxylic acids is 2. The van der Waals surface area contributed by atoms with Crippen LogP contribution in [0, 0.1) is 11.6 Å². The zero-order chi connectivity index (χ0) is 16.8. The predicted octanol–water partition coefficient (Wildman–Crippen LogP) is 3.34. The van der Waals surface area contributed by atoms with Gasteiger partial charge in [-0.1, -0.05) is 23.7 Å². The molecule has 4 nitrogen and oxygen atoms in total. The van der Waals surface area contributed by atoms with Gasteiger partial charge in [0, 0.05) is 16.8 Å². The molecule has 0 radical (unpaired) electrons. The Morgan fingerprint density at radius 2 is 1.74 bits per heavy atom. The molecule has 0 aliphatic heterocycles. The zero-order valence-electron chi connectivity index (χ0n) is 11.8. The third-order valence-electron chi connectivity index (χ3n) is 2.83. The standard InChI is InChI=1S/C16H12ClF2NO3/c17-11-3-1-10(2-4-11)7-16(22)23-9-15(21)20-12-5-6-13(18)14(19)8-12/h1-6,8H,7,9H2,(H,20,21). The van der Waals surface area contributed by atoms with Crippen molar-refractivity contribution < 1.29 is 23.1 Å². The lowest BCUT2D eigenvalue weighted by molar-refractivity contribution is -0.146. The molecular weight excluding hydrogens is 328 g/mol. The Balaban J connectivity index is 1.80. The molecule has 2 rings (SSSR count). The second kappa shape index (κ2) is 7.69. The SMILES string of the molecule is O=C(COC(=O)Cc1ccc(Cl)cc1)Nc1ccc(F)c(F)c1. The molecule has 1 N–H and O–H groups in total. The lowest BCUT2D eigenvalue weighted by Crippen LogP contribution is -2.21. The Morgan fingerprint density at radius 1 is 1.04 bits per heavy atom. The van der Waals surface area contributed by atoms with Crippen LogP contribution in [0.15, 0.2) is 42.5 Å². The Labute approximate surface area is 136 Å². The van der Waals surface area contributed by atoms with E-state index in [4.69, 9.17) is 16.3 Å². The van der Waals surface area contributed by atoms with E-state index >= 15 is 0 Å². The topological polar surface area (TPSA) is 55.4 Å². The summed E-state index contributed by atoms with van der Waals surface area (Å²) >= 11 is 5.73. The monoisotopic (exact) mass is 339 g/mol. The smallest absolute Gasteiger partial charge is 0.310 e. The molecule has 0 heterocycles. The van der Waals surface area contributed by atoms with Gasteiger partial charge in [-0.05, 0) is 29.8 Å². The molecular formula is C16H12ClF2NO3. The maximum absolute atomic E-state index is 13.0. The summed E-state index contributed by atoms with van der Waals surface area (Å²) in [6.07, 6.45) is -0.00434. The lowest BCUT2D eigenvalue weighted by atomic mass is 10.1. The minimum Gasteiger partial charge on any atom is -0.455 e. The van der Waals surface area contributed by atoms with Gasteiger partial charge in [0.2, 0.25) is 0 Å². The van der Waals surface area contributed by atoms with Crippen LogP contribution < -0.4 is 5.32 Å². The van der Waals surface area contributed by atoms with Crippen molar-refractivity contribution in [3.8, 4) is 0 Å². The van der Waals surface area contributed by atoms with Gasteiger partial charge >= 0.3 is 5.97 Å². The summed E-state index contributed by atoms with van der Waals surface area (Å²) in [5, 5.41) is 2.85. The van der Waals surface area contributed by atoms with Crippen molar-refractivity contribution >= 4 is 29.2 Å². The van der Waals surface area contributed by atoms with Gasteiger partial charge in [0.1, 0.15) is 0 Å². The third-order valence-corrected chi connectivity index (χ3v) is 3.08. The number of carbonyl (C=O) groups is 2. The third kappa shape index (κ3) is 5.34. The maximum Gasteiger partial charge on any atom is 0.310 e. The fraction of sp³-hybridized carbons (Fsp3) is 0.125. The van der Waals surface area contributed by atoms with Crippen molar-refractivity contribution in [3.05, 3.63) is 64.7 Å². The molecule has 120 valence electrons. The van der Waals surface area contributed by atoms with E-state index in [1.807, 2.05) is 0 Å².